The van der Waals surface area contributed by atoms with Gasteiger partial charge in [-0.1, -0.05) is 6.42 Å². The number of hydrogen-bond acceptors (Lipinski definition) is 4. The molecule has 3 atom stereocenters. The number of carbonyl (C=O) groups excluding carboxylic acids is 3. The van der Waals surface area contributed by atoms with Crippen molar-refractivity contribution in [1.82, 2.24) is 16.0 Å². The number of primary amides is 1. The number of fused-ring (bicyclic) bond motifs is 1. The van der Waals surface area contributed by atoms with Gasteiger partial charge in [0.15, 0.2) is 0 Å². The SMILES string of the molecule is NC(=O)CCCCNC(=O)CCCC[C@@H]1SC[C@@H]2NC(=O)N[C@@H]21. The van der Waals surface area contributed by atoms with Crippen molar-refractivity contribution in [3.63, 3.8) is 0 Å². The number of amides is 4. The van der Waals surface area contributed by atoms with Crippen LogP contribution in [0.3, 0.4) is 0 Å². The van der Waals surface area contributed by atoms with Gasteiger partial charge in [-0.25, -0.2) is 4.79 Å². The fraction of sp³-hybridized carbons (Fsp3) is 0.800. The molecule has 0 radical (unpaired) electrons. The van der Waals surface area contributed by atoms with Crippen molar-refractivity contribution in [2.45, 2.75) is 62.3 Å². The van der Waals surface area contributed by atoms with Gasteiger partial charge in [-0.15, -0.1) is 0 Å². The third-order valence-corrected chi connectivity index (χ3v) is 5.76. The second-order valence-corrected chi connectivity index (χ2v) is 7.41. The van der Waals surface area contributed by atoms with Crippen molar-refractivity contribution in [3.05, 3.63) is 0 Å². The highest BCUT2D eigenvalue weighted by molar-refractivity contribution is 8.00. The molecular weight excluding hydrogens is 316 g/mol. The molecule has 2 aliphatic heterocycles. The first-order valence-corrected chi connectivity index (χ1v) is 9.35. The Hall–Kier alpha value is -1.44. The van der Waals surface area contributed by atoms with Gasteiger partial charge in [-0.05, 0) is 25.7 Å². The zero-order valence-corrected chi connectivity index (χ0v) is 14.1. The van der Waals surface area contributed by atoms with Crippen molar-refractivity contribution in [2.75, 3.05) is 12.3 Å². The van der Waals surface area contributed by atoms with E-state index in [4.69, 9.17) is 5.73 Å². The lowest BCUT2D eigenvalue weighted by molar-refractivity contribution is -0.121. The van der Waals surface area contributed by atoms with Gasteiger partial charge in [0.1, 0.15) is 0 Å². The van der Waals surface area contributed by atoms with Crippen molar-refractivity contribution >= 4 is 29.6 Å². The number of nitrogens with two attached hydrogens (primary N) is 1. The molecule has 2 rings (SSSR count). The molecule has 0 aliphatic carbocycles. The molecule has 8 heteroatoms. The van der Waals surface area contributed by atoms with E-state index in [1.807, 2.05) is 11.8 Å². The zero-order valence-electron chi connectivity index (χ0n) is 13.3. The molecule has 5 N–H and O–H groups in total. The number of unbranched alkanes of at least 4 members (excludes halogenated alkanes) is 2. The summed E-state index contributed by atoms with van der Waals surface area (Å²) in [6.07, 6.45) is 5.29. The minimum atomic E-state index is -0.294. The molecule has 0 aromatic heterocycles. The Balaban J connectivity index is 1.48. The van der Waals surface area contributed by atoms with Crippen LogP contribution in [0.4, 0.5) is 4.79 Å². The predicted octanol–water partition coefficient (Wildman–Crippen LogP) is 0.484. The van der Waals surface area contributed by atoms with Gasteiger partial charge >= 0.3 is 6.03 Å². The lowest BCUT2D eigenvalue weighted by Gasteiger charge is -2.16. The van der Waals surface area contributed by atoms with Crippen molar-refractivity contribution in [3.8, 4) is 0 Å². The van der Waals surface area contributed by atoms with Gasteiger partial charge in [0.2, 0.25) is 11.8 Å². The minimum absolute atomic E-state index is 0.0546. The molecule has 0 aromatic carbocycles. The minimum Gasteiger partial charge on any atom is -0.370 e. The molecule has 0 unspecified atom stereocenters. The zero-order chi connectivity index (χ0) is 16.7. The molecule has 4 amide bonds. The molecule has 2 aliphatic rings. The van der Waals surface area contributed by atoms with Crippen LogP contribution in [0.1, 0.15) is 44.9 Å². The third-order valence-electron chi connectivity index (χ3n) is 4.25. The van der Waals surface area contributed by atoms with E-state index in [9.17, 15) is 14.4 Å². The van der Waals surface area contributed by atoms with Crippen LogP contribution >= 0.6 is 11.8 Å². The van der Waals surface area contributed by atoms with Gasteiger partial charge in [-0.2, -0.15) is 11.8 Å². The topological polar surface area (TPSA) is 113 Å². The quantitative estimate of drug-likeness (QED) is 0.342. The van der Waals surface area contributed by atoms with E-state index in [1.165, 1.54) is 0 Å². The van der Waals surface area contributed by atoms with Crippen LogP contribution in [0.2, 0.25) is 0 Å². The first kappa shape index (κ1) is 17.9. The lowest BCUT2D eigenvalue weighted by Crippen LogP contribution is -2.36. The number of rotatable bonds is 10. The summed E-state index contributed by atoms with van der Waals surface area (Å²) < 4.78 is 0. The van der Waals surface area contributed by atoms with Crippen LogP contribution in [0.25, 0.3) is 0 Å². The van der Waals surface area contributed by atoms with Crippen LogP contribution in [0.5, 0.6) is 0 Å². The number of nitrogens with one attached hydrogen (secondary N) is 3. The molecule has 130 valence electrons. The van der Waals surface area contributed by atoms with Crippen LogP contribution in [0, 0.1) is 0 Å². The molecular formula is C15H26N4O3S. The molecule has 0 bridgehead atoms. The van der Waals surface area contributed by atoms with Gasteiger partial charge in [-0.3, -0.25) is 9.59 Å². The van der Waals surface area contributed by atoms with Gasteiger partial charge in [0, 0.05) is 30.4 Å². The average Bonchev–Trinajstić information content (AvgIpc) is 3.02. The Morgan fingerprint density at radius 2 is 1.96 bits per heavy atom. The summed E-state index contributed by atoms with van der Waals surface area (Å²) in [5.41, 5.74) is 5.05. The molecule has 7 nitrogen and oxygen atoms in total. The Kier molecular flexibility index (Phi) is 7.01. The fourth-order valence-electron chi connectivity index (χ4n) is 3.01. The lowest BCUT2D eigenvalue weighted by atomic mass is 10.0. The second kappa shape index (κ2) is 9.00. The average molecular weight is 342 g/mol. The highest BCUT2D eigenvalue weighted by atomic mass is 32.2. The largest absolute Gasteiger partial charge is 0.370 e. The number of urea groups is 1. The summed E-state index contributed by atoms with van der Waals surface area (Å²) in [4.78, 5) is 33.6. The maximum absolute atomic E-state index is 11.7. The maximum atomic E-state index is 11.7. The Labute approximate surface area is 140 Å². The van der Waals surface area contributed by atoms with E-state index in [2.05, 4.69) is 16.0 Å². The first-order chi connectivity index (χ1) is 11.1. The highest BCUT2D eigenvalue weighted by Crippen LogP contribution is 2.33. The van der Waals surface area contributed by atoms with E-state index in [-0.39, 0.29) is 29.9 Å². The van der Waals surface area contributed by atoms with Crippen molar-refractivity contribution in [1.29, 1.82) is 0 Å². The summed E-state index contributed by atoms with van der Waals surface area (Å²) in [5.74, 6) is 0.744. The van der Waals surface area contributed by atoms with Crippen molar-refractivity contribution < 1.29 is 14.4 Å². The number of hydrogen-bond donors (Lipinski definition) is 4. The molecule has 0 spiro atoms. The standard InChI is InChI=1S/C15H26N4O3S/c16-12(20)6-3-4-8-17-13(21)7-2-1-5-11-14-10(9-23-11)18-15(22)19-14/h10-11,14H,1-9H2,(H2,16,20)(H,17,21)(H2,18,19,22)/t10-,11-,14-/m0/s1. The molecule has 23 heavy (non-hydrogen) atoms. The molecule has 2 saturated heterocycles. The molecule has 0 saturated carbocycles. The number of thioether (sulfide) groups is 1. The highest BCUT2D eigenvalue weighted by Gasteiger charge is 2.42. The fourth-order valence-corrected chi connectivity index (χ4v) is 4.56. The van der Waals surface area contributed by atoms with Crippen LogP contribution in [-0.4, -0.2) is 47.5 Å². The number of carbonyl (C=O) groups is 3. The predicted molar refractivity (Wildman–Crippen MR) is 90.0 cm³/mol. The van der Waals surface area contributed by atoms with Gasteiger partial charge in [0.25, 0.3) is 0 Å². The molecule has 2 fully saturated rings. The van der Waals surface area contributed by atoms with Crippen LogP contribution in [-0.2, 0) is 9.59 Å². The van der Waals surface area contributed by atoms with Gasteiger partial charge < -0.3 is 21.7 Å². The second-order valence-electron chi connectivity index (χ2n) is 6.14. The van der Waals surface area contributed by atoms with E-state index < -0.39 is 0 Å². The van der Waals surface area contributed by atoms with E-state index >= 15 is 0 Å². The van der Waals surface area contributed by atoms with Crippen LogP contribution in [0.15, 0.2) is 0 Å². The Morgan fingerprint density at radius 3 is 2.74 bits per heavy atom. The normalized spacial score (nSPS) is 25.6. The Morgan fingerprint density at radius 1 is 1.17 bits per heavy atom. The molecule has 2 heterocycles. The van der Waals surface area contributed by atoms with Crippen LogP contribution < -0.4 is 21.7 Å². The van der Waals surface area contributed by atoms with E-state index in [0.717, 1.165) is 37.9 Å². The smallest absolute Gasteiger partial charge is 0.315 e. The summed E-state index contributed by atoms with van der Waals surface area (Å²) in [6, 6.07) is 0.453. The summed E-state index contributed by atoms with van der Waals surface area (Å²) in [7, 11) is 0. The van der Waals surface area contributed by atoms with Gasteiger partial charge in [0.05, 0.1) is 12.1 Å². The third kappa shape index (κ3) is 5.93. The first-order valence-electron chi connectivity index (χ1n) is 8.30. The summed E-state index contributed by atoms with van der Waals surface area (Å²) in [6.45, 7) is 0.603. The van der Waals surface area contributed by atoms with E-state index in [0.29, 0.717) is 24.6 Å². The Bertz CT molecular complexity index is 446. The maximum Gasteiger partial charge on any atom is 0.315 e. The monoisotopic (exact) mass is 342 g/mol. The van der Waals surface area contributed by atoms with Crippen molar-refractivity contribution in [2.24, 2.45) is 5.73 Å². The van der Waals surface area contributed by atoms with E-state index in [1.54, 1.807) is 0 Å². The summed E-state index contributed by atoms with van der Waals surface area (Å²) in [5, 5.41) is 9.23. The summed E-state index contributed by atoms with van der Waals surface area (Å²) >= 11 is 1.90. The molecule has 0 aromatic rings.